The summed E-state index contributed by atoms with van der Waals surface area (Å²) in [7, 11) is 1.87. The number of carbonyl (C=O) groups is 2. The number of nitrogens with one attached hydrogen (secondary N) is 1. The molecule has 3 unspecified atom stereocenters. The highest BCUT2D eigenvalue weighted by Crippen LogP contribution is 2.48. The van der Waals surface area contributed by atoms with Crippen molar-refractivity contribution in [3.8, 4) is 0 Å². The van der Waals surface area contributed by atoms with Crippen molar-refractivity contribution in [2.75, 3.05) is 24.6 Å². The molecule has 36 heavy (non-hydrogen) atoms. The highest BCUT2D eigenvalue weighted by Gasteiger charge is 2.43. The lowest BCUT2D eigenvalue weighted by Gasteiger charge is -2.27. The maximum absolute atomic E-state index is 13.5. The molecule has 1 fully saturated rings. The molecule has 5 heteroatoms. The normalized spacial score (nSPS) is 19.0. The molecule has 1 aliphatic carbocycles. The summed E-state index contributed by atoms with van der Waals surface area (Å²) in [5.74, 6) is 0.611. The van der Waals surface area contributed by atoms with Crippen LogP contribution >= 0.6 is 0 Å². The minimum Gasteiger partial charge on any atom is -0.397 e. The number of anilines is 2. The van der Waals surface area contributed by atoms with Crippen molar-refractivity contribution < 1.29 is 9.59 Å². The fourth-order valence-corrected chi connectivity index (χ4v) is 6.42. The summed E-state index contributed by atoms with van der Waals surface area (Å²) in [5.41, 5.74) is 15.9. The number of aldehydes is 1. The molecular weight excluding hydrogens is 446 g/mol. The maximum Gasteiger partial charge on any atom is 0.227 e. The Morgan fingerprint density at radius 2 is 1.97 bits per heavy atom. The lowest BCUT2D eigenvalue weighted by Crippen LogP contribution is -2.32. The molecule has 0 spiro atoms. The van der Waals surface area contributed by atoms with E-state index < -0.39 is 0 Å². The summed E-state index contributed by atoms with van der Waals surface area (Å²) in [5, 5.41) is 3.21. The molecule has 3 aromatic rings. The average Bonchev–Trinajstić information content (AvgIpc) is 3.44. The second-order valence-corrected chi connectivity index (χ2v) is 10.3. The van der Waals surface area contributed by atoms with Crippen molar-refractivity contribution in [2.24, 2.45) is 5.92 Å². The standard InChI is InChI=1S/C31H35N3O2/c1-19-6-4-5-7-21(19)18-29(36)34-14-12-24-16-22-8-9-23(17-27(22)31(24)34)26(13-15-35)25-10-11-28(32)30(33-3)20(25)2/h4-11,15,17,24,26,31,33H,12-14,16,18,32H2,1-3H3. The number of nitrogens with zero attached hydrogens (tertiary/aromatic N) is 1. The van der Waals surface area contributed by atoms with E-state index >= 15 is 0 Å². The minimum atomic E-state index is -0.0583. The highest BCUT2D eigenvalue weighted by molar-refractivity contribution is 5.80. The largest absolute Gasteiger partial charge is 0.397 e. The molecule has 5 rings (SSSR count). The monoisotopic (exact) mass is 481 g/mol. The van der Waals surface area contributed by atoms with Crippen LogP contribution < -0.4 is 11.1 Å². The first-order valence-corrected chi connectivity index (χ1v) is 12.9. The van der Waals surface area contributed by atoms with E-state index in [2.05, 4.69) is 54.4 Å². The Hall–Kier alpha value is -3.60. The van der Waals surface area contributed by atoms with E-state index in [0.29, 0.717) is 24.4 Å². The van der Waals surface area contributed by atoms with E-state index in [4.69, 9.17) is 5.73 Å². The van der Waals surface area contributed by atoms with Gasteiger partial charge in [-0.1, -0.05) is 48.5 Å². The number of carbonyl (C=O) groups excluding carboxylic acids is 2. The van der Waals surface area contributed by atoms with Gasteiger partial charge in [0, 0.05) is 25.9 Å². The summed E-state index contributed by atoms with van der Waals surface area (Å²) in [6.07, 6.45) is 3.89. The molecule has 1 aliphatic heterocycles. The van der Waals surface area contributed by atoms with E-state index in [9.17, 15) is 9.59 Å². The lowest BCUT2D eigenvalue weighted by molar-refractivity contribution is -0.131. The topological polar surface area (TPSA) is 75.4 Å². The molecular formula is C31H35N3O2. The van der Waals surface area contributed by atoms with Gasteiger partial charge in [0.15, 0.2) is 0 Å². The zero-order valence-electron chi connectivity index (χ0n) is 21.4. The second kappa shape index (κ2) is 9.81. The second-order valence-electron chi connectivity index (χ2n) is 10.3. The molecule has 1 saturated heterocycles. The molecule has 1 heterocycles. The van der Waals surface area contributed by atoms with Gasteiger partial charge in [-0.3, -0.25) is 4.79 Å². The Morgan fingerprint density at radius 1 is 1.17 bits per heavy atom. The van der Waals surface area contributed by atoms with Crippen LogP contribution in [-0.2, 0) is 22.4 Å². The number of nitrogens with two attached hydrogens (primary N) is 1. The van der Waals surface area contributed by atoms with E-state index in [1.807, 2.05) is 31.3 Å². The van der Waals surface area contributed by atoms with Crippen molar-refractivity contribution in [3.05, 3.63) is 93.5 Å². The van der Waals surface area contributed by atoms with E-state index in [1.165, 1.54) is 11.1 Å². The van der Waals surface area contributed by atoms with Crippen LogP contribution in [0.2, 0.25) is 0 Å². The zero-order chi connectivity index (χ0) is 25.4. The third kappa shape index (κ3) is 4.17. The molecule has 2 aliphatic rings. The van der Waals surface area contributed by atoms with Crippen LogP contribution in [0, 0.1) is 19.8 Å². The van der Waals surface area contributed by atoms with Gasteiger partial charge in [0.1, 0.15) is 6.29 Å². The van der Waals surface area contributed by atoms with Crippen molar-refractivity contribution in [1.82, 2.24) is 4.90 Å². The molecule has 5 nitrogen and oxygen atoms in total. The lowest BCUT2D eigenvalue weighted by atomic mass is 9.84. The number of benzene rings is 3. The van der Waals surface area contributed by atoms with E-state index in [-0.39, 0.29) is 17.9 Å². The third-order valence-corrected chi connectivity index (χ3v) is 8.32. The summed E-state index contributed by atoms with van der Waals surface area (Å²) < 4.78 is 0. The number of likely N-dealkylation sites (tertiary alicyclic amines) is 1. The Bertz CT molecular complexity index is 1320. The van der Waals surface area contributed by atoms with Crippen LogP contribution in [0.25, 0.3) is 0 Å². The zero-order valence-corrected chi connectivity index (χ0v) is 21.4. The number of nitrogen functional groups attached to an aromatic ring is 1. The molecule has 0 aromatic heterocycles. The van der Waals surface area contributed by atoms with Gasteiger partial charge in [0.2, 0.25) is 5.91 Å². The van der Waals surface area contributed by atoms with E-state index in [1.54, 1.807) is 0 Å². The number of hydrogen-bond donors (Lipinski definition) is 2. The maximum atomic E-state index is 13.5. The summed E-state index contributed by atoms with van der Waals surface area (Å²) >= 11 is 0. The van der Waals surface area contributed by atoms with Gasteiger partial charge in [-0.15, -0.1) is 0 Å². The molecule has 1 amide bonds. The molecule has 0 radical (unpaired) electrons. The van der Waals surface area contributed by atoms with Crippen LogP contribution in [0.5, 0.6) is 0 Å². The van der Waals surface area contributed by atoms with Crippen molar-refractivity contribution in [3.63, 3.8) is 0 Å². The van der Waals surface area contributed by atoms with Gasteiger partial charge in [-0.05, 0) is 77.6 Å². The van der Waals surface area contributed by atoms with Gasteiger partial charge in [0.25, 0.3) is 0 Å². The van der Waals surface area contributed by atoms with Crippen molar-refractivity contribution in [1.29, 1.82) is 0 Å². The summed E-state index contributed by atoms with van der Waals surface area (Å²) in [6.45, 7) is 4.93. The first kappa shape index (κ1) is 24.1. The quantitative estimate of drug-likeness (QED) is 0.353. The van der Waals surface area contributed by atoms with Gasteiger partial charge < -0.3 is 20.7 Å². The molecule has 3 atom stereocenters. The summed E-state index contributed by atoms with van der Waals surface area (Å²) in [6, 6.07) is 18.9. The van der Waals surface area contributed by atoms with Crippen LogP contribution in [0.3, 0.4) is 0 Å². The minimum absolute atomic E-state index is 0.0583. The molecule has 0 bridgehead atoms. The van der Waals surface area contributed by atoms with Crippen LogP contribution in [-0.4, -0.2) is 30.7 Å². The van der Waals surface area contributed by atoms with Gasteiger partial charge in [-0.25, -0.2) is 0 Å². The average molecular weight is 482 g/mol. The third-order valence-electron chi connectivity index (χ3n) is 8.32. The van der Waals surface area contributed by atoms with E-state index in [0.717, 1.165) is 59.2 Å². The Labute approximate surface area is 213 Å². The predicted molar refractivity (Wildman–Crippen MR) is 145 cm³/mol. The fourth-order valence-electron chi connectivity index (χ4n) is 6.42. The highest BCUT2D eigenvalue weighted by atomic mass is 16.2. The van der Waals surface area contributed by atoms with Crippen LogP contribution in [0.1, 0.15) is 63.7 Å². The van der Waals surface area contributed by atoms with Crippen LogP contribution in [0.4, 0.5) is 11.4 Å². The molecule has 186 valence electrons. The van der Waals surface area contributed by atoms with Gasteiger partial charge >= 0.3 is 0 Å². The Morgan fingerprint density at radius 3 is 2.72 bits per heavy atom. The van der Waals surface area contributed by atoms with Crippen molar-refractivity contribution in [2.45, 2.75) is 51.5 Å². The Balaban J connectivity index is 1.48. The van der Waals surface area contributed by atoms with Crippen molar-refractivity contribution >= 4 is 23.6 Å². The van der Waals surface area contributed by atoms with Gasteiger partial charge in [0.05, 0.1) is 23.8 Å². The summed E-state index contributed by atoms with van der Waals surface area (Å²) in [4.78, 5) is 27.3. The number of rotatable bonds is 7. The van der Waals surface area contributed by atoms with Gasteiger partial charge in [-0.2, -0.15) is 0 Å². The smallest absolute Gasteiger partial charge is 0.227 e. The number of aryl methyl sites for hydroxylation is 1. The van der Waals surface area contributed by atoms with Crippen LogP contribution in [0.15, 0.2) is 54.6 Å². The number of hydrogen-bond acceptors (Lipinski definition) is 4. The Kier molecular flexibility index (Phi) is 6.57. The molecule has 3 N–H and O–H groups in total. The first-order chi connectivity index (χ1) is 17.4. The number of fused-ring (bicyclic) bond motifs is 3. The molecule has 0 saturated carbocycles. The number of amides is 1. The predicted octanol–water partition coefficient (Wildman–Crippen LogP) is 5.34. The fraction of sp³-hybridized carbons (Fsp3) is 0.355. The first-order valence-electron chi connectivity index (χ1n) is 12.9. The molecule has 3 aromatic carbocycles. The SMILES string of the molecule is CNc1c(N)ccc(C(CC=O)c2ccc3c(c2)C2C(CCN2C(=O)Cc2ccccc2C)C3)c1C.